The quantitative estimate of drug-likeness (QED) is 0.181. The highest BCUT2D eigenvalue weighted by Crippen LogP contribution is 2.51. The average Bonchev–Trinajstić information content (AvgIpc) is 3.51. The van der Waals surface area contributed by atoms with Crippen LogP contribution in [0.25, 0.3) is 110 Å². The van der Waals surface area contributed by atoms with Crippen molar-refractivity contribution in [3.63, 3.8) is 0 Å². The number of aromatic nitrogens is 2. The second-order valence-electron chi connectivity index (χ2n) is 13.3. The zero-order valence-electron chi connectivity index (χ0n) is 27.1. The Hall–Kier alpha value is -6.64. The van der Waals surface area contributed by atoms with E-state index in [1.165, 1.54) is 65.3 Å². The lowest BCUT2D eigenvalue weighted by Gasteiger charge is -2.19. The van der Waals surface area contributed by atoms with E-state index >= 15 is 0 Å². The summed E-state index contributed by atoms with van der Waals surface area (Å²) in [6.45, 7) is 0. The minimum absolute atomic E-state index is 0.746. The predicted octanol–water partition coefficient (Wildman–Crippen LogP) is 12.9. The second kappa shape index (κ2) is 10.4. The topological polar surface area (TPSA) is 25.8 Å². The second-order valence-corrected chi connectivity index (χ2v) is 13.3. The Morgan fingerprint density at radius 3 is 1.52 bits per heavy atom. The van der Waals surface area contributed by atoms with Crippen LogP contribution in [0.2, 0.25) is 0 Å². The van der Waals surface area contributed by atoms with Crippen molar-refractivity contribution < 1.29 is 0 Å². The third kappa shape index (κ3) is 3.85. The molecular formula is C48H28N2. The van der Waals surface area contributed by atoms with Gasteiger partial charge >= 0.3 is 0 Å². The Bertz CT molecular complexity index is 2970. The molecule has 9 aromatic carbocycles. The minimum Gasteiger partial charge on any atom is -0.227 e. The highest BCUT2D eigenvalue weighted by molar-refractivity contribution is 6.24. The molecule has 2 heteroatoms. The van der Waals surface area contributed by atoms with Crippen LogP contribution in [0.4, 0.5) is 0 Å². The van der Waals surface area contributed by atoms with E-state index in [9.17, 15) is 0 Å². The minimum atomic E-state index is 0.746. The van der Waals surface area contributed by atoms with Gasteiger partial charge in [0.1, 0.15) is 0 Å². The smallest absolute Gasteiger partial charge is 0.161 e. The van der Waals surface area contributed by atoms with E-state index < -0.39 is 0 Å². The number of benzene rings is 9. The Balaban J connectivity index is 1.26. The van der Waals surface area contributed by atoms with Crippen LogP contribution in [0.15, 0.2) is 170 Å². The molecule has 0 spiro atoms. The van der Waals surface area contributed by atoms with Crippen LogP contribution in [0.1, 0.15) is 0 Å². The molecule has 0 N–H and O–H groups in total. The molecule has 0 unspecified atom stereocenters. The molecule has 0 saturated carbocycles. The van der Waals surface area contributed by atoms with Crippen molar-refractivity contribution in [3.05, 3.63) is 170 Å². The van der Waals surface area contributed by atoms with Gasteiger partial charge in [0.15, 0.2) is 5.82 Å². The molecule has 0 amide bonds. The zero-order valence-corrected chi connectivity index (χ0v) is 27.1. The SMILES string of the molecule is c1ccc(-c2nc(-c3c4ccccc4c(-c4cccc5cc6ccccc6cc45)c4ccccc34)nc3c2-c2cccc4cccc-3c24)cc1. The van der Waals surface area contributed by atoms with Gasteiger partial charge in [0.05, 0.1) is 11.4 Å². The van der Waals surface area contributed by atoms with E-state index in [4.69, 9.17) is 9.97 Å². The Kier molecular flexibility index (Phi) is 5.70. The van der Waals surface area contributed by atoms with E-state index in [1.807, 2.05) is 0 Å². The van der Waals surface area contributed by atoms with Crippen molar-refractivity contribution in [3.8, 4) is 56.2 Å². The van der Waals surface area contributed by atoms with Crippen LogP contribution in [0, 0.1) is 0 Å². The molecule has 1 aliphatic rings. The van der Waals surface area contributed by atoms with Gasteiger partial charge in [-0.05, 0) is 82.7 Å². The summed E-state index contributed by atoms with van der Waals surface area (Å²) in [4.78, 5) is 11.1. The highest BCUT2D eigenvalue weighted by Gasteiger charge is 2.29. The molecule has 1 heterocycles. The van der Waals surface area contributed by atoms with Crippen molar-refractivity contribution >= 4 is 53.9 Å². The molecule has 0 bridgehead atoms. The van der Waals surface area contributed by atoms with Crippen molar-refractivity contribution in [2.75, 3.05) is 0 Å². The maximum Gasteiger partial charge on any atom is 0.161 e. The van der Waals surface area contributed by atoms with Gasteiger partial charge in [0, 0.05) is 22.3 Å². The molecule has 1 aromatic heterocycles. The zero-order chi connectivity index (χ0) is 32.8. The van der Waals surface area contributed by atoms with Gasteiger partial charge < -0.3 is 0 Å². The molecule has 0 saturated heterocycles. The van der Waals surface area contributed by atoms with Crippen molar-refractivity contribution in [1.82, 2.24) is 9.97 Å². The maximum atomic E-state index is 5.53. The number of nitrogens with zero attached hydrogens (tertiary/aromatic N) is 2. The first-order valence-electron chi connectivity index (χ1n) is 17.2. The normalized spacial score (nSPS) is 12.0. The number of hydrogen-bond donors (Lipinski definition) is 0. The van der Waals surface area contributed by atoms with Crippen molar-refractivity contribution in [2.45, 2.75) is 0 Å². The molecule has 0 radical (unpaired) electrons. The summed E-state index contributed by atoms with van der Waals surface area (Å²) in [5, 5.41) is 12.1. The van der Waals surface area contributed by atoms with E-state index in [1.54, 1.807) is 0 Å². The molecule has 11 rings (SSSR count). The number of hydrogen-bond acceptors (Lipinski definition) is 2. The van der Waals surface area contributed by atoms with Crippen LogP contribution in [-0.2, 0) is 0 Å². The summed E-state index contributed by atoms with van der Waals surface area (Å²) >= 11 is 0. The van der Waals surface area contributed by atoms with Gasteiger partial charge in [-0.3, -0.25) is 0 Å². The van der Waals surface area contributed by atoms with E-state index in [0.29, 0.717) is 0 Å². The predicted molar refractivity (Wildman–Crippen MR) is 210 cm³/mol. The average molecular weight is 633 g/mol. The molecule has 2 nitrogen and oxygen atoms in total. The van der Waals surface area contributed by atoms with E-state index in [-0.39, 0.29) is 0 Å². The lowest BCUT2D eigenvalue weighted by Crippen LogP contribution is -2.00. The first-order chi connectivity index (χ1) is 24.8. The molecule has 0 aliphatic heterocycles. The first kappa shape index (κ1) is 27.3. The van der Waals surface area contributed by atoms with Gasteiger partial charge in [-0.25, -0.2) is 9.97 Å². The summed E-state index contributed by atoms with van der Waals surface area (Å²) in [5.41, 5.74) is 10.1. The summed E-state index contributed by atoms with van der Waals surface area (Å²) in [6.07, 6.45) is 0. The van der Waals surface area contributed by atoms with Crippen LogP contribution in [0.5, 0.6) is 0 Å². The molecule has 230 valence electrons. The molecule has 50 heavy (non-hydrogen) atoms. The van der Waals surface area contributed by atoms with E-state index in [2.05, 4.69) is 170 Å². The lowest BCUT2D eigenvalue weighted by molar-refractivity contribution is 1.20. The monoisotopic (exact) mass is 632 g/mol. The Morgan fingerprint density at radius 2 is 0.820 bits per heavy atom. The number of rotatable bonds is 3. The van der Waals surface area contributed by atoms with Gasteiger partial charge in [-0.1, -0.05) is 158 Å². The first-order valence-corrected chi connectivity index (χ1v) is 17.2. The largest absolute Gasteiger partial charge is 0.227 e. The third-order valence-electron chi connectivity index (χ3n) is 10.6. The molecule has 0 fully saturated rings. The summed E-state index contributed by atoms with van der Waals surface area (Å²) in [5.74, 6) is 0.746. The summed E-state index contributed by atoms with van der Waals surface area (Å²) < 4.78 is 0. The van der Waals surface area contributed by atoms with Gasteiger partial charge in [-0.2, -0.15) is 0 Å². The fraction of sp³-hybridized carbons (Fsp3) is 0. The molecule has 0 atom stereocenters. The Morgan fingerprint density at radius 1 is 0.300 bits per heavy atom. The van der Waals surface area contributed by atoms with Gasteiger partial charge in [0.2, 0.25) is 0 Å². The van der Waals surface area contributed by atoms with Crippen molar-refractivity contribution in [2.24, 2.45) is 0 Å². The van der Waals surface area contributed by atoms with Crippen LogP contribution in [0.3, 0.4) is 0 Å². The van der Waals surface area contributed by atoms with Crippen LogP contribution < -0.4 is 0 Å². The van der Waals surface area contributed by atoms with Gasteiger partial charge in [0.25, 0.3) is 0 Å². The van der Waals surface area contributed by atoms with E-state index in [0.717, 1.165) is 44.7 Å². The summed E-state index contributed by atoms with van der Waals surface area (Å²) in [6, 6.07) is 61.3. The van der Waals surface area contributed by atoms with Crippen LogP contribution in [-0.4, -0.2) is 9.97 Å². The maximum absolute atomic E-state index is 5.53. The summed E-state index contributed by atoms with van der Waals surface area (Å²) in [7, 11) is 0. The fourth-order valence-corrected chi connectivity index (χ4v) is 8.42. The molecular weight excluding hydrogens is 605 g/mol. The standard InChI is InChI=1S/C48H28N2/c1-2-13-30(14-3-1)46-45-39-25-10-17-29-18-11-26-40(42(29)39)47(45)50-48(49-46)44-36-22-8-6-20-34(36)43(35-21-7-9-23-37(35)44)38-24-12-19-33-27-31-15-4-5-16-32(31)28-41(33)38/h1-28H. The Labute approximate surface area is 289 Å². The van der Waals surface area contributed by atoms with Crippen LogP contribution >= 0.6 is 0 Å². The third-order valence-corrected chi connectivity index (χ3v) is 10.6. The van der Waals surface area contributed by atoms with Gasteiger partial charge in [-0.15, -0.1) is 0 Å². The number of fused-ring (bicyclic) bond motifs is 7. The highest BCUT2D eigenvalue weighted by atomic mass is 14.9. The lowest BCUT2D eigenvalue weighted by atomic mass is 9.86. The molecule has 10 aromatic rings. The fourth-order valence-electron chi connectivity index (χ4n) is 8.42. The van der Waals surface area contributed by atoms with Crippen molar-refractivity contribution in [1.29, 1.82) is 0 Å². The molecule has 1 aliphatic carbocycles.